The minimum Gasteiger partial charge on any atom is -0.378 e. The van der Waals surface area contributed by atoms with Gasteiger partial charge in [0.25, 0.3) is 10.0 Å². The number of benzene rings is 2. The van der Waals surface area contributed by atoms with Gasteiger partial charge in [-0.15, -0.1) is 0 Å². The predicted octanol–water partition coefficient (Wildman–Crippen LogP) is 4.86. The number of aldehydes is 1. The first-order chi connectivity index (χ1) is 19.6. The molecular weight excluding hydrogens is 559 g/mol. The smallest absolute Gasteiger partial charge is 0.261 e. The summed E-state index contributed by atoms with van der Waals surface area (Å²) in [7, 11) is -5.11. The van der Waals surface area contributed by atoms with Gasteiger partial charge in [0, 0.05) is 39.0 Å². The molecule has 0 atom stereocenters. The van der Waals surface area contributed by atoms with Crippen LogP contribution in [0.25, 0.3) is 22.3 Å². The monoisotopic (exact) mass is 593 g/mol. The second-order valence-electron chi connectivity index (χ2n) is 11.2. The summed E-state index contributed by atoms with van der Waals surface area (Å²) in [4.78, 5) is 22.6. The SMILES string of the molecule is C[Si](C)(C)CCOCn1c(-c2ccc(NS(=O)(=O)c3cccc(C=O)c3)cc2)cc2c(N3CCOCC3)ncnc21. The Morgan fingerprint density at radius 3 is 2.51 bits per heavy atom. The second kappa shape index (κ2) is 12.1. The van der Waals surface area contributed by atoms with E-state index in [4.69, 9.17) is 9.47 Å². The molecule has 41 heavy (non-hydrogen) atoms. The van der Waals surface area contributed by atoms with Crippen LogP contribution in [0.5, 0.6) is 0 Å². The summed E-state index contributed by atoms with van der Waals surface area (Å²) in [5.74, 6) is 0.863. The van der Waals surface area contributed by atoms with Gasteiger partial charge in [0.05, 0.1) is 29.2 Å². The fourth-order valence-corrected chi connectivity index (χ4v) is 6.53. The van der Waals surface area contributed by atoms with E-state index in [-0.39, 0.29) is 4.90 Å². The summed E-state index contributed by atoms with van der Waals surface area (Å²) in [6.07, 6.45) is 2.21. The molecule has 1 N–H and O–H groups in total. The molecule has 3 heterocycles. The van der Waals surface area contributed by atoms with E-state index in [2.05, 4.69) is 49.9 Å². The number of rotatable bonds is 11. The van der Waals surface area contributed by atoms with Crippen molar-refractivity contribution >= 4 is 46.9 Å². The number of fused-ring (bicyclic) bond motifs is 1. The average molecular weight is 594 g/mol. The van der Waals surface area contributed by atoms with Gasteiger partial charge in [-0.05, 0) is 41.9 Å². The lowest BCUT2D eigenvalue weighted by molar-refractivity contribution is 0.0909. The Morgan fingerprint density at radius 1 is 1.05 bits per heavy atom. The highest BCUT2D eigenvalue weighted by Crippen LogP contribution is 2.33. The molecule has 1 fully saturated rings. The molecule has 4 aromatic rings. The van der Waals surface area contributed by atoms with E-state index in [0.717, 1.165) is 47.2 Å². The fraction of sp³-hybridized carbons (Fsp3) is 0.345. The normalized spacial score (nSPS) is 14.4. The van der Waals surface area contributed by atoms with Crippen LogP contribution in [0.15, 0.2) is 65.8 Å². The largest absolute Gasteiger partial charge is 0.378 e. The van der Waals surface area contributed by atoms with Crippen molar-refractivity contribution in [3.05, 3.63) is 66.5 Å². The van der Waals surface area contributed by atoms with Gasteiger partial charge in [-0.3, -0.25) is 9.52 Å². The lowest BCUT2D eigenvalue weighted by Gasteiger charge is -2.28. The molecule has 0 amide bonds. The van der Waals surface area contributed by atoms with Crippen LogP contribution < -0.4 is 9.62 Å². The molecule has 0 aliphatic carbocycles. The number of morpholine rings is 1. The summed E-state index contributed by atoms with van der Waals surface area (Å²) in [6.45, 7) is 10.8. The molecule has 216 valence electrons. The lowest BCUT2D eigenvalue weighted by Crippen LogP contribution is -2.36. The topological polar surface area (TPSA) is 116 Å². The van der Waals surface area contributed by atoms with Crippen LogP contribution in [0.2, 0.25) is 25.7 Å². The number of nitrogens with one attached hydrogen (secondary N) is 1. The van der Waals surface area contributed by atoms with Crippen LogP contribution in [-0.4, -0.2) is 70.2 Å². The van der Waals surface area contributed by atoms with Crippen LogP contribution in [0.3, 0.4) is 0 Å². The first kappa shape index (κ1) is 28.9. The summed E-state index contributed by atoms with van der Waals surface area (Å²) in [5, 5.41) is 0.929. The molecule has 10 nitrogen and oxygen atoms in total. The Kier molecular flexibility index (Phi) is 8.54. The molecule has 1 saturated heterocycles. The van der Waals surface area contributed by atoms with E-state index >= 15 is 0 Å². The van der Waals surface area contributed by atoms with Crippen molar-refractivity contribution in [3.8, 4) is 11.3 Å². The van der Waals surface area contributed by atoms with Crippen molar-refractivity contribution < 1.29 is 22.7 Å². The lowest BCUT2D eigenvalue weighted by atomic mass is 10.1. The molecule has 0 saturated carbocycles. The Balaban J connectivity index is 1.46. The summed E-state index contributed by atoms with van der Waals surface area (Å²) in [5.41, 5.74) is 3.27. The quantitative estimate of drug-likeness (QED) is 0.149. The highest BCUT2D eigenvalue weighted by molar-refractivity contribution is 7.92. The van der Waals surface area contributed by atoms with Gasteiger partial charge in [-0.2, -0.15) is 0 Å². The Morgan fingerprint density at radius 2 is 1.80 bits per heavy atom. The predicted molar refractivity (Wildman–Crippen MR) is 163 cm³/mol. The number of hydrogen-bond donors (Lipinski definition) is 1. The Bertz CT molecular complexity index is 1630. The second-order valence-corrected chi connectivity index (χ2v) is 18.5. The molecular formula is C29H35N5O5SSi. The molecule has 5 rings (SSSR count). The number of ether oxygens (including phenoxy) is 2. The minimum atomic E-state index is -3.86. The molecule has 2 aromatic heterocycles. The zero-order chi connectivity index (χ0) is 29.0. The molecule has 0 radical (unpaired) electrons. The van der Waals surface area contributed by atoms with Crippen LogP contribution in [0.1, 0.15) is 10.4 Å². The number of hydrogen-bond acceptors (Lipinski definition) is 8. The molecule has 1 aliphatic heterocycles. The molecule has 1 aliphatic rings. The van der Waals surface area contributed by atoms with Crippen LogP contribution in [-0.2, 0) is 26.2 Å². The van der Waals surface area contributed by atoms with Crippen LogP contribution in [0, 0.1) is 0 Å². The van der Waals surface area contributed by atoms with Crippen molar-refractivity contribution in [1.29, 1.82) is 0 Å². The van der Waals surface area contributed by atoms with Crippen molar-refractivity contribution in [2.24, 2.45) is 0 Å². The average Bonchev–Trinajstić information content (AvgIpc) is 3.34. The summed E-state index contributed by atoms with van der Waals surface area (Å²) >= 11 is 0. The van der Waals surface area contributed by atoms with E-state index in [1.54, 1.807) is 30.6 Å². The molecule has 2 aromatic carbocycles. The highest BCUT2D eigenvalue weighted by Gasteiger charge is 2.21. The van der Waals surface area contributed by atoms with E-state index in [1.165, 1.54) is 12.1 Å². The van der Waals surface area contributed by atoms with Gasteiger partial charge in [-0.1, -0.05) is 43.9 Å². The third-order valence-electron chi connectivity index (χ3n) is 6.93. The van der Waals surface area contributed by atoms with Gasteiger partial charge in [-0.25, -0.2) is 18.4 Å². The third-order valence-corrected chi connectivity index (χ3v) is 10.0. The van der Waals surface area contributed by atoms with Gasteiger partial charge in [0.15, 0.2) is 0 Å². The fourth-order valence-electron chi connectivity index (χ4n) is 4.66. The number of nitrogens with zero attached hydrogens (tertiary/aromatic N) is 4. The standard InChI is InChI=1S/C29H35N5O5SSi/c1-41(2,3)16-15-39-21-34-27(18-26-28(30-20-31-29(26)34)33-11-13-38-14-12-33)23-7-9-24(10-8-23)32-40(36,37)25-6-4-5-22(17-25)19-35/h4-10,17-20,32H,11-16,21H2,1-3H3. The van der Waals surface area contributed by atoms with Crippen molar-refractivity contribution in [2.75, 3.05) is 42.5 Å². The number of carbonyl (C=O) groups excluding carboxylic acids is 1. The Hall–Kier alpha value is -3.58. The van der Waals surface area contributed by atoms with Gasteiger partial charge in [0.2, 0.25) is 0 Å². The van der Waals surface area contributed by atoms with E-state index in [1.807, 2.05) is 12.1 Å². The number of sulfonamides is 1. The number of carbonyl (C=O) groups is 1. The number of aromatic nitrogens is 3. The minimum absolute atomic E-state index is 0.0241. The highest BCUT2D eigenvalue weighted by atomic mass is 32.2. The first-order valence-corrected chi connectivity index (χ1v) is 18.8. The van der Waals surface area contributed by atoms with Crippen LogP contribution >= 0.6 is 0 Å². The van der Waals surface area contributed by atoms with E-state index in [0.29, 0.717) is 44.1 Å². The van der Waals surface area contributed by atoms with E-state index < -0.39 is 18.1 Å². The maximum Gasteiger partial charge on any atom is 0.261 e. The maximum absolute atomic E-state index is 12.9. The van der Waals surface area contributed by atoms with Gasteiger partial charge in [0.1, 0.15) is 30.8 Å². The van der Waals surface area contributed by atoms with Crippen molar-refractivity contribution in [1.82, 2.24) is 14.5 Å². The molecule has 12 heteroatoms. The number of anilines is 2. The zero-order valence-electron chi connectivity index (χ0n) is 23.5. The summed E-state index contributed by atoms with van der Waals surface area (Å²) < 4.78 is 42.2. The zero-order valence-corrected chi connectivity index (χ0v) is 25.4. The van der Waals surface area contributed by atoms with Crippen molar-refractivity contribution in [3.63, 3.8) is 0 Å². The maximum atomic E-state index is 12.9. The van der Waals surface area contributed by atoms with E-state index in [9.17, 15) is 13.2 Å². The Labute approximate surface area is 241 Å². The molecule has 0 spiro atoms. The van der Waals surface area contributed by atoms with Crippen LogP contribution in [0.4, 0.5) is 11.5 Å². The summed E-state index contributed by atoms with van der Waals surface area (Å²) in [6, 6.07) is 16.2. The van der Waals surface area contributed by atoms with Crippen molar-refractivity contribution in [2.45, 2.75) is 37.3 Å². The molecule has 0 bridgehead atoms. The first-order valence-electron chi connectivity index (χ1n) is 13.6. The van der Waals surface area contributed by atoms with Gasteiger partial charge < -0.3 is 18.9 Å². The molecule has 0 unspecified atom stereocenters. The third kappa shape index (κ3) is 6.84. The van der Waals surface area contributed by atoms with Gasteiger partial charge >= 0.3 is 0 Å².